The summed E-state index contributed by atoms with van der Waals surface area (Å²) in [5.74, 6) is -0.597. The number of hydrogen-bond donors (Lipinski definition) is 1. The maximum absolute atomic E-state index is 11.0. The van der Waals surface area contributed by atoms with Crippen LogP contribution in [0.15, 0.2) is 0 Å². The Hall–Kier alpha value is -0.620. The Morgan fingerprint density at radius 2 is 2.00 bits per heavy atom. The predicted molar refractivity (Wildman–Crippen MR) is 48.2 cm³/mol. The molecule has 0 aliphatic carbocycles. The first-order valence-corrected chi connectivity index (χ1v) is 5.86. The fourth-order valence-corrected chi connectivity index (χ4v) is 1.53. The summed E-state index contributed by atoms with van der Waals surface area (Å²) in [6, 6.07) is 0. The first kappa shape index (κ1) is 12.4. The molecule has 0 aromatic rings. The van der Waals surface area contributed by atoms with Crippen molar-refractivity contribution in [1.82, 2.24) is 4.89 Å². The normalized spacial score (nSPS) is 11.2. The van der Waals surface area contributed by atoms with Gasteiger partial charge in [-0.15, -0.1) is 0 Å². The van der Waals surface area contributed by atoms with E-state index in [1.807, 2.05) is 6.92 Å². The molecule has 0 aliphatic rings. The maximum atomic E-state index is 11.0. The first-order chi connectivity index (χ1) is 6.02. The lowest BCUT2D eigenvalue weighted by atomic mass is 10.4. The standard InChI is InChI=1S/C7H15NO4S/c1-3-5-6-13(10,11)8-12-7(9)4-2/h8H,3-6H2,1-2H3. The molecule has 0 unspecified atom stereocenters. The van der Waals surface area contributed by atoms with Crippen molar-refractivity contribution >= 4 is 16.0 Å². The molecule has 5 nitrogen and oxygen atoms in total. The molecule has 0 saturated carbocycles. The third kappa shape index (κ3) is 6.53. The number of sulfonamides is 1. The molecular weight excluding hydrogens is 194 g/mol. The van der Waals surface area contributed by atoms with Crippen LogP contribution < -0.4 is 4.89 Å². The van der Waals surface area contributed by atoms with Crippen molar-refractivity contribution in [3.63, 3.8) is 0 Å². The number of unbranched alkanes of at least 4 members (excludes halogenated alkanes) is 1. The van der Waals surface area contributed by atoms with Gasteiger partial charge in [-0.2, -0.15) is 0 Å². The van der Waals surface area contributed by atoms with Gasteiger partial charge < -0.3 is 4.84 Å². The van der Waals surface area contributed by atoms with Crippen molar-refractivity contribution in [1.29, 1.82) is 0 Å². The molecule has 0 amide bonds. The summed E-state index contributed by atoms with van der Waals surface area (Å²) in [5, 5.41) is 0. The van der Waals surface area contributed by atoms with E-state index in [4.69, 9.17) is 0 Å². The lowest BCUT2D eigenvalue weighted by Crippen LogP contribution is -2.29. The Balaban J connectivity index is 3.83. The average Bonchev–Trinajstić information content (AvgIpc) is 2.11. The number of hydrogen-bond acceptors (Lipinski definition) is 4. The minimum atomic E-state index is -3.44. The minimum absolute atomic E-state index is 0.0134. The second-order valence-electron chi connectivity index (χ2n) is 2.58. The summed E-state index contributed by atoms with van der Waals surface area (Å²) in [4.78, 5) is 16.6. The Morgan fingerprint density at radius 3 is 2.46 bits per heavy atom. The van der Waals surface area contributed by atoms with E-state index in [-0.39, 0.29) is 12.2 Å². The lowest BCUT2D eigenvalue weighted by Gasteiger charge is -2.04. The van der Waals surface area contributed by atoms with Crippen LogP contribution in [-0.2, 0) is 19.7 Å². The van der Waals surface area contributed by atoms with E-state index in [0.29, 0.717) is 6.42 Å². The number of carbonyl (C=O) groups excluding carboxylic acids is 1. The zero-order valence-electron chi connectivity index (χ0n) is 7.87. The third-order valence-corrected chi connectivity index (χ3v) is 2.50. The molecule has 0 saturated heterocycles. The van der Waals surface area contributed by atoms with Crippen LogP contribution in [-0.4, -0.2) is 20.1 Å². The van der Waals surface area contributed by atoms with Crippen LogP contribution >= 0.6 is 0 Å². The minimum Gasteiger partial charge on any atom is -0.356 e. The molecule has 1 N–H and O–H groups in total. The van der Waals surface area contributed by atoms with Crippen LogP contribution in [0.4, 0.5) is 0 Å². The highest BCUT2D eigenvalue weighted by atomic mass is 32.2. The fraction of sp³-hybridized carbons (Fsp3) is 0.857. The van der Waals surface area contributed by atoms with Crippen LogP contribution in [0.2, 0.25) is 0 Å². The summed E-state index contributed by atoms with van der Waals surface area (Å²) < 4.78 is 22.0. The molecule has 0 aromatic carbocycles. The highest BCUT2D eigenvalue weighted by Crippen LogP contribution is 1.93. The zero-order chi connectivity index (χ0) is 10.3. The van der Waals surface area contributed by atoms with Crippen molar-refractivity contribution in [3.8, 4) is 0 Å². The topological polar surface area (TPSA) is 72.5 Å². The molecule has 78 valence electrons. The predicted octanol–water partition coefficient (Wildman–Crippen LogP) is 0.574. The highest BCUT2D eigenvalue weighted by Gasteiger charge is 2.11. The zero-order valence-corrected chi connectivity index (χ0v) is 8.69. The molecule has 0 aromatic heterocycles. The van der Waals surface area contributed by atoms with Crippen molar-refractivity contribution in [2.45, 2.75) is 33.1 Å². The smallest absolute Gasteiger partial charge is 0.325 e. The quantitative estimate of drug-likeness (QED) is 0.649. The largest absolute Gasteiger partial charge is 0.356 e. The van der Waals surface area contributed by atoms with Gasteiger partial charge in [-0.3, -0.25) is 4.79 Å². The highest BCUT2D eigenvalue weighted by molar-refractivity contribution is 7.89. The molecule has 0 radical (unpaired) electrons. The number of nitrogens with one attached hydrogen (secondary N) is 1. The molecule has 0 aliphatic heterocycles. The fourth-order valence-electron chi connectivity index (χ4n) is 0.558. The molecule has 0 fully saturated rings. The van der Waals surface area contributed by atoms with Crippen LogP contribution in [0.5, 0.6) is 0 Å². The maximum Gasteiger partial charge on any atom is 0.325 e. The second-order valence-corrected chi connectivity index (χ2v) is 4.39. The van der Waals surface area contributed by atoms with Gasteiger partial charge in [0.1, 0.15) is 0 Å². The lowest BCUT2D eigenvalue weighted by molar-refractivity contribution is -0.146. The first-order valence-electron chi connectivity index (χ1n) is 4.21. The van der Waals surface area contributed by atoms with Crippen LogP contribution in [0.3, 0.4) is 0 Å². The molecule has 0 spiro atoms. The van der Waals surface area contributed by atoms with Gasteiger partial charge in [-0.25, -0.2) is 8.42 Å². The van der Waals surface area contributed by atoms with Gasteiger partial charge in [-0.1, -0.05) is 20.3 Å². The molecule has 0 rings (SSSR count). The molecule has 0 atom stereocenters. The van der Waals surface area contributed by atoms with Crippen molar-refractivity contribution < 1.29 is 18.0 Å². The molecule has 13 heavy (non-hydrogen) atoms. The summed E-state index contributed by atoms with van der Waals surface area (Å²) in [6.07, 6.45) is 1.48. The average molecular weight is 209 g/mol. The van der Waals surface area contributed by atoms with E-state index < -0.39 is 16.0 Å². The summed E-state index contributed by atoms with van der Waals surface area (Å²) in [6.45, 7) is 3.47. The van der Waals surface area contributed by atoms with Gasteiger partial charge in [0.2, 0.25) is 10.0 Å². The van der Waals surface area contributed by atoms with E-state index in [0.717, 1.165) is 6.42 Å². The van der Waals surface area contributed by atoms with Crippen molar-refractivity contribution in [2.24, 2.45) is 0 Å². The number of rotatable bonds is 6. The Morgan fingerprint density at radius 1 is 1.38 bits per heavy atom. The second kappa shape index (κ2) is 5.93. The monoisotopic (exact) mass is 209 g/mol. The summed E-state index contributed by atoms with van der Waals surface area (Å²) >= 11 is 0. The van der Waals surface area contributed by atoms with Gasteiger partial charge in [0.05, 0.1) is 5.75 Å². The van der Waals surface area contributed by atoms with E-state index in [1.165, 1.54) is 0 Å². The van der Waals surface area contributed by atoms with Gasteiger partial charge in [-0.05, 0) is 11.3 Å². The van der Waals surface area contributed by atoms with Crippen molar-refractivity contribution in [3.05, 3.63) is 0 Å². The molecule has 0 bridgehead atoms. The van der Waals surface area contributed by atoms with E-state index >= 15 is 0 Å². The summed E-state index contributed by atoms with van der Waals surface area (Å²) in [5.41, 5.74) is 0. The van der Waals surface area contributed by atoms with E-state index in [2.05, 4.69) is 4.84 Å². The van der Waals surface area contributed by atoms with Crippen LogP contribution in [0.25, 0.3) is 0 Å². The Labute approximate surface area is 78.5 Å². The van der Waals surface area contributed by atoms with Gasteiger partial charge in [0.25, 0.3) is 0 Å². The molecule has 6 heteroatoms. The van der Waals surface area contributed by atoms with E-state index in [9.17, 15) is 13.2 Å². The molecule has 0 heterocycles. The SMILES string of the molecule is CCCCS(=O)(=O)NOC(=O)CC. The van der Waals surface area contributed by atoms with Gasteiger partial charge in [0.15, 0.2) is 0 Å². The van der Waals surface area contributed by atoms with Crippen molar-refractivity contribution in [2.75, 3.05) is 5.75 Å². The van der Waals surface area contributed by atoms with Crippen LogP contribution in [0, 0.1) is 0 Å². The Kier molecular flexibility index (Phi) is 5.65. The Bertz CT molecular complexity index is 247. The van der Waals surface area contributed by atoms with E-state index in [1.54, 1.807) is 11.8 Å². The van der Waals surface area contributed by atoms with Crippen LogP contribution in [0.1, 0.15) is 33.1 Å². The summed E-state index contributed by atoms with van der Waals surface area (Å²) in [7, 11) is -3.44. The van der Waals surface area contributed by atoms with Gasteiger partial charge >= 0.3 is 5.97 Å². The van der Waals surface area contributed by atoms with Gasteiger partial charge in [0, 0.05) is 6.42 Å². The number of carbonyl (C=O) groups is 1. The third-order valence-electron chi connectivity index (χ3n) is 1.34. The molecular formula is C7H15NO4S.